The number of nitrogens with two attached hydrogens (primary N) is 1. The molecule has 1 fully saturated rings. The van der Waals surface area contributed by atoms with Crippen molar-refractivity contribution in [2.24, 2.45) is 11.1 Å². The zero-order valence-corrected chi connectivity index (χ0v) is 20.3. The summed E-state index contributed by atoms with van der Waals surface area (Å²) in [6.07, 6.45) is 16.8. The van der Waals surface area contributed by atoms with Gasteiger partial charge in [0.2, 0.25) is 0 Å². The average molecular weight is 414 g/mol. The second-order valence-electron chi connectivity index (χ2n) is 9.49. The summed E-state index contributed by atoms with van der Waals surface area (Å²) < 4.78 is 1.42. The van der Waals surface area contributed by atoms with E-state index < -0.39 is 5.97 Å². The maximum Gasteiger partial charge on any atom is 0.303 e. The standard InChI is InChI=1S/C16H36N.C9H17NO2/c1-5-9-13-17(14-10-6-2,15-11-7-3)16-12-8-4;10-7-9(6-8(11)12)4-2-1-3-5-9/h5-16H2,1-4H3;1-7,10H2,(H,11,12)/q+1;. The van der Waals surface area contributed by atoms with Crippen LogP contribution in [0.2, 0.25) is 0 Å². The molecule has 3 N–H and O–H groups in total. The number of nitrogens with zero attached hydrogens (tertiary/aromatic N) is 1. The molecule has 1 saturated carbocycles. The Morgan fingerprint density at radius 1 is 0.793 bits per heavy atom. The molecule has 4 heteroatoms. The van der Waals surface area contributed by atoms with Crippen LogP contribution in [0.5, 0.6) is 0 Å². The van der Waals surface area contributed by atoms with Gasteiger partial charge >= 0.3 is 5.97 Å². The summed E-state index contributed by atoms with van der Waals surface area (Å²) in [5.41, 5.74) is 5.54. The van der Waals surface area contributed by atoms with Gasteiger partial charge in [0, 0.05) is 0 Å². The summed E-state index contributed by atoms with van der Waals surface area (Å²) >= 11 is 0. The molecule has 1 aliphatic carbocycles. The molecule has 174 valence electrons. The predicted molar refractivity (Wildman–Crippen MR) is 126 cm³/mol. The Labute approximate surface area is 182 Å². The van der Waals surface area contributed by atoms with Crippen molar-refractivity contribution in [3.8, 4) is 0 Å². The van der Waals surface area contributed by atoms with Gasteiger partial charge in [0.25, 0.3) is 0 Å². The van der Waals surface area contributed by atoms with Crippen LogP contribution >= 0.6 is 0 Å². The first-order chi connectivity index (χ1) is 13.9. The molecule has 0 spiro atoms. The molecule has 0 unspecified atom stereocenters. The zero-order chi connectivity index (χ0) is 22.0. The molecule has 0 amide bonds. The summed E-state index contributed by atoms with van der Waals surface area (Å²) in [4.78, 5) is 10.6. The van der Waals surface area contributed by atoms with E-state index in [9.17, 15) is 4.79 Å². The Bertz CT molecular complexity index is 355. The first-order valence-corrected chi connectivity index (χ1v) is 12.7. The van der Waals surface area contributed by atoms with E-state index in [4.69, 9.17) is 10.8 Å². The number of quaternary nitrogens is 1. The van der Waals surface area contributed by atoms with Crippen LogP contribution in [0.3, 0.4) is 0 Å². The molecular weight excluding hydrogens is 360 g/mol. The van der Waals surface area contributed by atoms with E-state index in [1.165, 1.54) is 88.4 Å². The average Bonchev–Trinajstić information content (AvgIpc) is 2.73. The molecule has 0 saturated heterocycles. The van der Waals surface area contributed by atoms with Gasteiger partial charge in [-0.1, -0.05) is 72.6 Å². The van der Waals surface area contributed by atoms with Crippen LogP contribution in [-0.4, -0.2) is 48.3 Å². The second kappa shape index (κ2) is 17.1. The highest BCUT2D eigenvalue weighted by molar-refractivity contribution is 5.67. The van der Waals surface area contributed by atoms with Gasteiger partial charge in [-0.05, 0) is 50.5 Å². The van der Waals surface area contributed by atoms with Crippen LogP contribution in [0.15, 0.2) is 0 Å². The minimum Gasteiger partial charge on any atom is -0.481 e. The van der Waals surface area contributed by atoms with E-state index in [0.717, 1.165) is 25.7 Å². The maximum absolute atomic E-state index is 10.6. The summed E-state index contributed by atoms with van der Waals surface area (Å²) in [6, 6.07) is 0. The normalized spacial score (nSPS) is 16.2. The number of unbranched alkanes of at least 4 members (excludes halogenated alkanes) is 4. The third kappa shape index (κ3) is 12.6. The number of aliphatic carboxylic acids is 1. The van der Waals surface area contributed by atoms with Gasteiger partial charge in [-0.3, -0.25) is 4.79 Å². The second-order valence-corrected chi connectivity index (χ2v) is 9.49. The van der Waals surface area contributed by atoms with Crippen LogP contribution in [-0.2, 0) is 4.79 Å². The molecule has 0 aliphatic heterocycles. The molecule has 0 heterocycles. The third-order valence-corrected chi connectivity index (χ3v) is 6.82. The molecule has 29 heavy (non-hydrogen) atoms. The van der Waals surface area contributed by atoms with Gasteiger partial charge in [0.1, 0.15) is 0 Å². The topological polar surface area (TPSA) is 63.3 Å². The Hall–Kier alpha value is -0.610. The van der Waals surface area contributed by atoms with E-state index >= 15 is 0 Å². The fourth-order valence-electron chi connectivity index (χ4n) is 4.72. The lowest BCUT2D eigenvalue weighted by Crippen LogP contribution is -2.50. The van der Waals surface area contributed by atoms with E-state index in [2.05, 4.69) is 27.7 Å². The Balaban J connectivity index is 0.000000571. The number of carboxylic acids is 1. The van der Waals surface area contributed by atoms with Crippen molar-refractivity contribution in [1.29, 1.82) is 0 Å². The Morgan fingerprint density at radius 3 is 1.45 bits per heavy atom. The van der Waals surface area contributed by atoms with Gasteiger partial charge in [-0.25, -0.2) is 0 Å². The first-order valence-electron chi connectivity index (χ1n) is 12.7. The lowest BCUT2D eigenvalue weighted by atomic mass is 9.72. The van der Waals surface area contributed by atoms with E-state index in [1.54, 1.807) is 0 Å². The number of hydrogen-bond acceptors (Lipinski definition) is 2. The van der Waals surface area contributed by atoms with Crippen LogP contribution in [0.1, 0.15) is 118 Å². The van der Waals surface area contributed by atoms with Gasteiger partial charge in [0.15, 0.2) is 0 Å². The fourth-order valence-corrected chi connectivity index (χ4v) is 4.72. The fraction of sp³-hybridized carbons (Fsp3) is 0.960. The molecule has 1 rings (SSSR count). The van der Waals surface area contributed by atoms with Gasteiger partial charge < -0.3 is 15.3 Å². The zero-order valence-electron chi connectivity index (χ0n) is 20.3. The number of rotatable bonds is 15. The molecule has 4 nitrogen and oxygen atoms in total. The molecule has 1 aliphatic rings. The lowest BCUT2D eigenvalue weighted by molar-refractivity contribution is -0.929. The van der Waals surface area contributed by atoms with Gasteiger partial charge in [-0.15, -0.1) is 0 Å². The van der Waals surface area contributed by atoms with Crippen molar-refractivity contribution in [1.82, 2.24) is 0 Å². The van der Waals surface area contributed by atoms with Crippen LogP contribution in [0.4, 0.5) is 0 Å². The molecular formula is C25H53N2O2+. The van der Waals surface area contributed by atoms with Crippen LogP contribution < -0.4 is 5.73 Å². The van der Waals surface area contributed by atoms with Crippen molar-refractivity contribution in [2.45, 2.75) is 118 Å². The largest absolute Gasteiger partial charge is 0.481 e. The predicted octanol–water partition coefficient (Wildman–Crippen LogP) is 6.37. The summed E-state index contributed by atoms with van der Waals surface area (Å²) in [5, 5.41) is 8.71. The molecule has 0 aromatic heterocycles. The molecule has 0 aromatic rings. The van der Waals surface area contributed by atoms with E-state index in [-0.39, 0.29) is 11.8 Å². The molecule has 0 radical (unpaired) electrons. The van der Waals surface area contributed by atoms with Gasteiger partial charge in [0.05, 0.1) is 32.6 Å². The van der Waals surface area contributed by atoms with Crippen LogP contribution in [0, 0.1) is 5.41 Å². The highest BCUT2D eigenvalue weighted by Gasteiger charge is 2.32. The van der Waals surface area contributed by atoms with Crippen LogP contribution in [0.25, 0.3) is 0 Å². The number of carboxylic acid groups (broad SMARTS) is 1. The van der Waals surface area contributed by atoms with Crippen molar-refractivity contribution in [3.63, 3.8) is 0 Å². The van der Waals surface area contributed by atoms with Crippen molar-refractivity contribution in [2.75, 3.05) is 32.7 Å². The third-order valence-electron chi connectivity index (χ3n) is 6.82. The quantitative estimate of drug-likeness (QED) is 0.306. The molecule has 0 atom stereocenters. The summed E-state index contributed by atoms with van der Waals surface area (Å²) in [7, 11) is 0. The van der Waals surface area contributed by atoms with E-state index in [1.807, 2.05) is 0 Å². The maximum atomic E-state index is 10.6. The highest BCUT2D eigenvalue weighted by Crippen LogP contribution is 2.38. The Morgan fingerprint density at radius 2 is 1.17 bits per heavy atom. The minimum absolute atomic E-state index is 0.0793. The van der Waals surface area contributed by atoms with Gasteiger partial charge in [-0.2, -0.15) is 0 Å². The number of hydrogen-bond donors (Lipinski definition) is 2. The smallest absolute Gasteiger partial charge is 0.303 e. The molecule has 0 aromatic carbocycles. The summed E-state index contributed by atoms with van der Waals surface area (Å²) in [5.74, 6) is -0.706. The number of carbonyl (C=O) groups is 1. The van der Waals surface area contributed by atoms with Crippen molar-refractivity contribution in [3.05, 3.63) is 0 Å². The first kappa shape index (κ1) is 28.4. The molecule has 0 bridgehead atoms. The highest BCUT2D eigenvalue weighted by atomic mass is 16.4. The van der Waals surface area contributed by atoms with Crippen molar-refractivity contribution < 1.29 is 14.4 Å². The van der Waals surface area contributed by atoms with Crippen molar-refractivity contribution >= 4 is 5.97 Å². The monoisotopic (exact) mass is 413 g/mol. The Kier molecular flexibility index (Phi) is 16.7. The minimum atomic E-state index is -0.706. The van der Waals surface area contributed by atoms with E-state index in [0.29, 0.717) is 6.54 Å². The lowest BCUT2D eigenvalue weighted by Gasteiger charge is -2.39. The SMILES string of the molecule is CCCC[N+](CCCC)(CCCC)CCCC.NCC1(CC(=O)O)CCCCC1. The summed E-state index contributed by atoms with van der Waals surface area (Å²) in [6.45, 7) is 15.5.